The first-order valence-corrected chi connectivity index (χ1v) is 16.2. The van der Waals surface area contributed by atoms with E-state index in [-0.39, 0.29) is 11.8 Å². The van der Waals surface area contributed by atoms with Crippen LogP contribution in [0.15, 0.2) is 84.9 Å². The molecule has 4 aromatic carbocycles. The first kappa shape index (κ1) is 26.9. The highest BCUT2D eigenvalue weighted by atomic mass is 127. The first-order chi connectivity index (χ1) is 18.4. The van der Waals surface area contributed by atoms with E-state index < -0.39 is 24.1 Å². The quantitative estimate of drug-likeness (QED) is 0.153. The molecule has 0 aliphatic heterocycles. The summed E-state index contributed by atoms with van der Waals surface area (Å²) in [5.74, 6) is -1.38. The van der Waals surface area contributed by atoms with Gasteiger partial charge in [-0.05, 0) is 161 Å². The summed E-state index contributed by atoms with van der Waals surface area (Å²) in [6.07, 6.45) is -1.36. The zero-order valence-corrected chi connectivity index (χ0v) is 28.2. The molecule has 0 spiro atoms. The van der Waals surface area contributed by atoms with Crippen LogP contribution in [-0.4, -0.2) is 24.1 Å². The highest BCUT2D eigenvalue weighted by Crippen LogP contribution is 2.58. The van der Waals surface area contributed by atoms with Crippen LogP contribution in [-0.2, 0) is 9.47 Å². The van der Waals surface area contributed by atoms with E-state index in [9.17, 15) is 9.59 Å². The molecule has 0 fully saturated rings. The Hall–Kier alpha value is -1.26. The van der Waals surface area contributed by atoms with Crippen LogP contribution >= 0.6 is 90.4 Å². The lowest BCUT2D eigenvalue weighted by atomic mass is 9.61. The molecule has 0 amide bonds. The van der Waals surface area contributed by atoms with Crippen molar-refractivity contribution < 1.29 is 19.1 Å². The van der Waals surface area contributed by atoms with Crippen LogP contribution in [0.4, 0.5) is 0 Å². The highest BCUT2D eigenvalue weighted by Gasteiger charge is 2.56. The smallest absolute Gasteiger partial charge is 0.338 e. The van der Waals surface area contributed by atoms with Gasteiger partial charge in [0.1, 0.15) is 0 Å². The van der Waals surface area contributed by atoms with Gasteiger partial charge < -0.3 is 9.47 Å². The number of halogens is 4. The maximum absolute atomic E-state index is 13.4. The second kappa shape index (κ2) is 11.0. The third-order valence-corrected chi connectivity index (χ3v) is 10.9. The monoisotopic (exact) mass is 950 g/mol. The Bertz CT molecular complexity index is 1400. The van der Waals surface area contributed by atoms with Crippen molar-refractivity contribution in [2.24, 2.45) is 0 Å². The fraction of sp³-hybridized carbons (Fsp3) is 0.133. The van der Waals surface area contributed by atoms with Crippen molar-refractivity contribution in [2.75, 3.05) is 0 Å². The van der Waals surface area contributed by atoms with Gasteiger partial charge in [0.15, 0.2) is 12.2 Å². The van der Waals surface area contributed by atoms with Crippen molar-refractivity contribution in [1.29, 1.82) is 0 Å². The summed E-state index contributed by atoms with van der Waals surface area (Å²) in [5, 5.41) is 0. The van der Waals surface area contributed by atoms with E-state index in [1.54, 1.807) is 24.3 Å². The van der Waals surface area contributed by atoms with Crippen LogP contribution in [0.2, 0.25) is 0 Å². The minimum Gasteiger partial charge on any atom is -0.454 e. The van der Waals surface area contributed by atoms with Crippen molar-refractivity contribution in [3.05, 3.63) is 133 Å². The largest absolute Gasteiger partial charge is 0.454 e. The average molecular weight is 950 g/mol. The Balaban J connectivity index is 1.56. The van der Waals surface area contributed by atoms with Crippen LogP contribution < -0.4 is 0 Å². The number of hydrogen-bond acceptors (Lipinski definition) is 4. The van der Waals surface area contributed by atoms with Crippen LogP contribution in [0.3, 0.4) is 0 Å². The van der Waals surface area contributed by atoms with Gasteiger partial charge >= 0.3 is 11.9 Å². The molecule has 0 heterocycles. The van der Waals surface area contributed by atoms with Gasteiger partial charge in [0, 0.05) is 14.3 Å². The Kier molecular flexibility index (Phi) is 7.77. The minimum atomic E-state index is -0.682. The number of ether oxygens (including phenoxy) is 2. The summed E-state index contributed by atoms with van der Waals surface area (Å²) < 4.78 is 17.1. The van der Waals surface area contributed by atoms with Gasteiger partial charge in [0.25, 0.3) is 0 Å². The van der Waals surface area contributed by atoms with Crippen molar-refractivity contribution in [3.63, 3.8) is 0 Å². The van der Waals surface area contributed by atoms with Crippen molar-refractivity contribution in [3.8, 4) is 0 Å². The summed E-state index contributed by atoms with van der Waals surface area (Å²) in [6.45, 7) is 0. The van der Waals surface area contributed by atoms with Gasteiger partial charge in [0.2, 0.25) is 0 Å². The second-order valence-electron chi connectivity index (χ2n) is 9.14. The maximum atomic E-state index is 13.4. The average Bonchev–Trinajstić information content (AvgIpc) is 2.94. The Morgan fingerprint density at radius 2 is 0.763 bits per heavy atom. The zero-order valence-electron chi connectivity index (χ0n) is 19.5. The molecule has 4 aromatic rings. The molecule has 3 aliphatic rings. The van der Waals surface area contributed by atoms with Crippen LogP contribution in [0.25, 0.3) is 0 Å². The molecule has 2 unspecified atom stereocenters. The number of carbonyl (C=O) groups excluding carboxylic acids is 2. The summed E-state index contributed by atoms with van der Waals surface area (Å²) >= 11 is 9.52. The van der Waals surface area contributed by atoms with Gasteiger partial charge in [-0.25, -0.2) is 9.59 Å². The molecular formula is C30H18I4O4. The molecule has 2 bridgehead atoms. The molecular weight excluding hydrogens is 932 g/mol. The predicted octanol–water partition coefficient (Wildman–Crippen LogP) is 8.15. The molecule has 38 heavy (non-hydrogen) atoms. The first-order valence-electron chi connectivity index (χ1n) is 11.8. The minimum absolute atomic E-state index is 0.269. The normalized spacial score (nSPS) is 20.8. The zero-order chi connectivity index (χ0) is 26.6. The van der Waals surface area contributed by atoms with Gasteiger partial charge in [-0.15, -0.1) is 0 Å². The summed E-state index contributed by atoms with van der Waals surface area (Å²) in [6, 6.07) is 26.4. The molecule has 0 aromatic heterocycles. The maximum Gasteiger partial charge on any atom is 0.338 e. The lowest BCUT2D eigenvalue weighted by Gasteiger charge is -2.50. The molecule has 3 aliphatic carbocycles. The van der Waals surface area contributed by atoms with Crippen molar-refractivity contribution >= 4 is 102 Å². The van der Waals surface area contributed by atoms with E-state index in [0.29, 0.717) is 11.1 Å². The number of esters is 2. The Morgan fingerprint density at radius 1 is 0.474 bits per heavy atom. The third-order valence-electron chi connectivity index (χ3n) is 7.09. The van der Waals surface area contributed by atoms with Crippen molar-refractivity contribution in [2.45, 2.75) is 24.0 Å². The second-order valence-corrected chi connectivity index (χ2v) is 13.8. The van der Waals surface area contributed by atoms with E-state index >= 15 is 0 Å². The molecule has 0 saturated heterocycles. The summed E-state index contributed by atoms with van der Waals surface area (Å²) in [5.41, 5.74) is 5.58. The van der Waals surface area contributed by atoms with E-state index in [1.807, 2.05) is 36.4 Å². The van der Waals surface area contributed by atoms with E-state index in [0.717, 1.165) is 36.5 Å². The highest BCUT2D eigenvalue weighted by molar-refractivity contribution is 14.1. The third kappa shape index (κ3) is 4.60. The molecule has 190 valence electrons. The van der Waals surface area contributed by atoms with E-state index in [4.69, 9.17) is 9.47 Å². The Labute approximate surface area is 274 Å². The topological polar surface area (TPSA) is 52.6 Å². The molecule has 7 rings (SSSR count). The van der Waals surface area contributed by atoms with Crippen LogP contribution in [0, 0.1) is 14.3 Å². The molecule has 2 atom stereocenters. The van der Waals surface area contributed by atoms with Crippen molar-refractivity contribution in [1.82, 2.24) is 0 Å². The summed E-state index contributed by atoms with van der Waals surface area (Å²) in [4.78, 5) is 26.9. The molecule has 0 radical (unpaired) electrons. The predicted molar refractivity (Wildman–Crippen MR) is 179 cm³/mol. The molecule has 0 N–H and O–H groups in total. The number of benzene rings is 4. The summed E-state index contributed by atoms with van der Waals surface area (Å²) in [7, 11) is 0. The molecule has 0 saturated carbocycles. The SMILES string of the molecule is O=C(OC1C2c3c(I)ccc(I)c3C(c3c(I)ccc(I)c32)C1OC(=O)c1ccccc1)c1ccccc1. The van der Waals surface area contributed by atoms with Gasteiger partial charge in [0.05, 0.1) is 23.0 Å². The molecule has 8 heteroatoms. The van der Waals surface area contributed by atoms with E-state index in [1.165, 1.54) is 0 Å². The lowest BCUT2D eigenvalue weighted by molar-refractivity contribution is -0.0562. The van der Waals surface area contributed by atoms with Crippen LogP contribution in [0.5, 0.6) is 0 Å². The standard InChI is InChI=1S/C30H18I4O4/c31-17-11-13-19(33)23-21(17)25-22-18(32)12-14-20(34)24(22)26(23)28(38-30(36)16-9-5-2-6-10-16)27(25)37-29(35)15-7-3-1-4-8-15/h1-14,25-28H. The van der Waals surface area contributed by atoms with E-state index in [2.05, 4.69) is 115 Å². The fourth-order valence-corrected chi connectivity index (χ4v) is 8.78. The number of hydrogen-bond donors (Lipinski definition) is 0. The lowest BCUT2D eigenvalue weighted by Crippen LogP contribution is -2.52. The number of carbonyl (C=O) groups is 2. The van der Waals surface area contributed by atoms with Gasteiger partial charge in [-0.1, -0.05) is 36.4 Å². The fourth-order valence-electron chi connectivity index (χ4n) is 5.56. The Morgan fingerprint density at radius 3 is 1.05 bits per heavy atom. The number of rotatable bonds is 4. The molecule has 4 nitrogen and oxygen atoms in total. The van der Waals surface area contributed by atoms with Gasteiger partial charge in [-0.2, -0.15) is 0 Å². The van der Waals surface area contributed by atoms with Crippen LogP contribution in [0.1, 0.15) is 54.8 Å². The van der Waals surface area contributed by atoms with Gasteiger partial charge in [-0.3, -0.25) is 0 Å². The number of fused-ring (bicyclic) bond motifs is 1.